The van der Waals surface area contributed by atoms with Gasteiger partial charge in [0.15, 0.2) is 0 Å². The van der Waals surface area contributed by atoms with E-state index in [1.54, 1.807) is 6.07 Å². The fraction of sp³-hybridized carbons (Fsp3) is 0.150. The largest absolute Gasteiger partial charge is 0.288 e. The van der Waals surface area contributed by atoms with Gasteiger partial charge in [0, 0.05) is 11.9 Å². The lowest BCUT2D eigenvalue weighted by atomic mass is 9.94. The van der Waals surface area contributed by atoms with Crippen LogP contribution < -0.4 is 21.7 Å². The van der Waals surface area contributed by atoms with Crippen LogP contribution in [0.4, 0.5) is 0 Å². The average molecular weight is 361 g/mol. The Bertz CT molecular complexity index is 976. The van der Waals surface area contributed by atoms with E-state index >= 15 is 0 Å². The van der Waals surface area contributed by atoms with E-state index in [1.807, 2.05) is 60.7 Å². The van der Waals surface area contributed by atoms with Crippen LogP contribution in [0.5, 0.6) is 0 Å². The number of para-hydroxylation sites is 1. The number of carbonyl (C=O) groups excluding carboxylic acids is 2. The first-order valence-corrected chi connectivity index (χ1v) is 8.72. The monoisotopic (exact) mass is 361 g/mol. The van der Waals surface area contributed by atoms with E-state index in [0.717, 1.165) is 16.5 Å². The Labute approximate surface area is 156 Å². The van der Waals surface area contributed by atoms with Crippen molar-refractivity contribution in [1.82, 2.24) is 26.7 Å². The summed E-state index contributed by atoms with van der Waals surface area (Å²) < 4.78 is 0. The number of hydrogen-bond acceptors (Lipinski definition) is 5. The van der Waals surface area contributed by atoms with Crippen molar-refractivity contribution >= 4 is 22.7 Å². The zero-order chi connectivity index (χ0) is 18.6. The average Bonchev–Trinajstić information content (AvgIpc) is 3.22. The van der Waals surface area contributed by atoms with Crippen molar-refractivity contribution in [3.63, 3.8) is 0 Å². The topological polar surface area (TPSA) is 95.2 Å². The molecule has 0 spiro atoms. The fourth-order valence-electron chi connectivity index (χ4n) is 3.18. The molecule has 3 aromatic rings. The van der Waals surface area contributed by atoms with Gasteiger partial charge in [0.25, 0.3) is 5.91 Å². The van der Waals surface area contributed by atoms with E-state index in [4.69, 9.17) is 0 Å². The van der Waals surface area contributed by atoms with E-state index in [9.17, 15) is 9.59 Å². The number of carbonyl (C=O) groups is 2. The summed E-state index contributed by atoms with van der Waals surface area (Å²) in [5.74, 6) is -1.07. The fourth-order valence-corrected chi connectivity index (χ4v) is 3.18. The number of fused-ring (bicyclic) bond motifs is 1. The molecule has 7 heteroatoms. The molecule has 2 amide bonds. The van der Waals surface area contributed by atoms with Gasteiger partial charge in [-0.05, 0) is 17.7 Å². The van der Waals surface area contributed by atoms with Gasteiger partial charge in [0.2, 0.25) is 5.91 Å². The standard InChI is InChI=1S/C20H19N5O2/c26-19(15-12-21-23-18(15)14-7-2-1-3-8-14)24-25-20(27)17-11-10-13-6-4-5-9-16(13)22-17/h1-11,15,18,21,23H,12H2,(H,24,26)(H,25,27). The molecule has 2 atom stereocenters. The quantitative estimate of drug-likeness (QED) is 0.530. The predicted octanol–water partition coefficient (Wildman–Crippen LogP) is 1.46. The molecule has 1 aliphatic heterocycles. The van der Waals surface area contributed by atoms with E-state index in [-0.39, 0.29) is 23.6 Å². The molecule has 27 heavy (non-hydrogen) atoms. The van der Waals surface area contributed by atoms with Crippen molar-refractivity contribution in [3.8, 4) is 0 Å². The highest BCUT2D eigenvalue weighted by molar-refractivity contribution is 5.96. The Morgan fingerprint density at radius 3 is 2.56 bits per heavy atom. The summed E-state index contributed by atoms with van der Waals surface area (Å²) >= 11 is 0. The van der Waals surface area contributed by atoms with Crippen LogP contribution in [0.3, 0.4) is 0 Å². The first-order chi connectivity index (χ1) is 13.2. The molecule has 2 aromatic carbocycles. The van der Waals surface area contributed by atoms with Gasteiger partial charge in [-0.1, -0.05) is 54.6 Å². The van der Waals surface area contributed by atoms with Crippen LogP contribution in [0, 0.1) is 5.92 Å². The minimum atomic E-state index is -0.454. The summed E-state index contributed by atoms with van der Waals surface area (Å²) in [6.07, 6.45) is 0. The minimum absolute atomic E-state index is 0.165. The highest BCUT2D eigenvalue weighted by atomic mass is 16.2. The third kappa shape index (κ3) is 3.64. The lowest BCUT2D eigenvalue weighted by Crippen LogP contribution is -2.46. The molecule has 1 fully saturated rings. The van der Waals surface area contributed by atoms with Crippen molar-refractivity contribution in [2.24, 2.45) is 5.92 Å². The third-order valence-corrected chi connectivity index (χ3v) is 4.61. The van der Waals surface area contributed by atoms with Gasteiger partial charge in [-0.3, -0.25) is 25.9 Å². The number of hydrogen-bond donors (Lipinski definition) is 4. The number of aromatic nitrogens is 1. The van der Waals surface area contributed by atoms with Crippen LogP contribution >= 0.6 is 0 Å². The number of benzene rings is 2. The van der Waals surface area contributed by atoms with Gasteiger partial charge in [-0.15, -0.1) is 0 Å². The molecule has 2 heterocycles. The van der Waals surface area contributed by atoms with Gasteiger partial charge in [-0.25, -0.2) is 10.4 Å². The molecular weight excluding hydrogens is 342 g/mol. The summed E-state index contributed by atoms with van der Waals surface area (Å²) in [7, 11) is 0. The smallest absolute Gasteiger partial charge is 0.273 e. The number of hydrazine groups is 2. The summed E-state index contributed by atoms with van der Waals surface area (Å²) in [5.41, 5.74) is 13.1. The molecule has 4 N–H and O–H groups in total. The van der Waals surface area contributed by atoms with Crippen molar-refractivity contribution in [2.75, 3.05) is 6.54 Å². The molecule has 1 saturated heterocycles. The van der Waals surface area contributed by atoms with E-state index in [2.05, 4.69) is 26.7 Å². The van der Waals surface area contributed by atoms with Gasteiger partial charge < -0.3 is 0 Å². The third-order valence-electron chi connectivity index (χ3n) is 4.61. The second-order valence-electron chi connectivity index (χ2n) is 6.35. The molecule has 4 rings (SSSR count). The van der Waals surface area contributed by atoms with Crippen LogP contribution in [0.1, 0.15) is 22.1 Å². The molecule has 0 radical (unpaired) electrons. The maximum Gasteiger partial charge on any atom is 0.288 e. The molecule has 0 aliphatic carbocycles. The van der Waals surface area contributed by atoms with Crippen molar-refractivity contribution in [3.05, 3.63) is 78.0 Å². The molecule has 0 bridgehead atoms. The van der Waals surface area contributed by atoms with Crippen molar-refractivity contribution < 1.29 is 9.59 Å². The Hall–Kier alpha value is -3.29. The molecule has 1 aliphatic rings. The van der Waals surface area contributed by atoms with Crippen molar-refractivity contribution in [2.45, 2.75) is 6.04 Å². The first kappa shape index (κ1) is 17.1. The molecule has 0 saturated carbocycles. The number of nitrogens with one attached hydrogen (secondary N) is 4. The van der Waals surface area contributed by atoms with Crippen molar-refractivity contribution in [1.29, 1.82) is 0 Å². The summed E-state index contributed by atoms with van der Waals surface area (Å²) in [5, 5.41) is 0.951. The van der Waals surface area contributed by atoms with Gasteiger partial charge in [0.1, 0.15) is 5.69 Å². The van der Waals surface area contributed by atoms with Crippen LogP contribution in [0.2, 0.25) is 0 Å². The Morgan fingerprint density at radius 1 is 0.926 bits per heavy atom. The first-order valence-electron chi connectivity index (χ1n) is 8.72. The van der Waals surface area contributed by atoms with Crippen LogP contribution in [0.25, 0.3) is 10.9 Å². The Balaban J connectivity index is 1.41. The zero-order valence-corrected chi connectivity index (χ0v) is 14.5. The molecule has 1 aromatic heterocycles. The highest BCUT2D eigenvalue weighted by Gasteiger charge is 2.34. The Kier molecular flexibility index (Phi) is 4.78. The highest BCUT2D eigenvalue weighted by Crippen LogP contribution is 2.24. The number of nitrogens with zero attached hydrogens (tertiary/aromatic N) is 1. The predicted molar refractivity (Wildman–Crippen MR) is 101 cm³/mol. The minimum Gasteiger partial charge on any atom is -0.273 e. The SMILES string of the molecule is O=C(NNC(=O)C1CNNC1c1ccccc1)c1ccc2ccccc2n1. The van der Waals surface area contributed by atoms with E-state index in [1.165, 1.54) is 0 Å². The molecular formula is C20H19N5O2. The Morgan fingerprint density at radius 2 is 1.70 bits per heavy atom. The van der Waals surface area contributed by atoms with Crippen LogP contribution in [-0.2, 0) is 4.79 Å². The second-order valence-corrected chi connectivity index (χ2v) is 6.35. The lowest BCUT2D eigenvalue weighted by molar-refractivity contribution is -0.125. The van der Waals surface area contributed by atoms with Crippen LogP contribution in [-0.4, -0.2) is 23.3 Å². The maximum absolute atomic E-state index is 12.6. The van der Waals surface area contributed by atoms with Crippen LogP contribution in [0.15, 0.2) is 66.7 Å². The number of amides is 2. The lowest BCUT2D eigenvalue weighted by Gasteiger charge is -2.18. The summed E-state index contributed by atoms with van der Waals surface area (Å²) in [4.78, 5) is 29.2. The molecule has 7 nitrogen and oxygen atoms in total. The van der Waals surface area contributed by atoms with E-state index in [0.29, 0.717) is 6.54 Å². The molecule has 136 valence electrons. The van der Waals surface area contributed by atoms with Gasteiger partial charge in [-0.2, -0.15) is 0 Å². The summed E-state index contributed by atoms with van der Waals surface area (Å²) in [6.45, 7) is 0.468. The van der Waals surface area contributed by atoms with Gasteiger partial charge >= 0.3 is 0 Å². The second kappa shape index (κ2) is 7.53. The number of rotatable bonds is 3. The normalized spacial score (nSPS) is 19.0. The number of pyridine rings is 1. The van der Waals surface area contributed by atoms with Gasteiger partial charge in [0.05, 0.1) is 17.5 Å². The van der Waals surface area contributed by atoms with E-state index < -0.39 is 5.91 Å². The maximum atomic E-state index is 12.6. The molecule has 2 unspecified atom stereocenters. The summed E-state index contributed by atoms with van der Waals surface area (Å²) in [6, 6.07) is 20.5. The zero-order valence-electron chi connectivity index (χ0n) is 14.5.